The predicted molar refractivity (Wildman–Crippen MR) is 54.6 cm³/mol. The molecular formula is C12H10F2O. The van der Waals surface area contributed by atoms with Gasteiger partial charge in [0.25, 0.3) is 0 Å². The Bertz CT molecular complexity index is 461. The molecule has 15 heavy (non-hydrogen) atoms. The van der Waals surface area contributed by atoms with Gasteiger partial charge in [0, 0.05) is 11.6 Å². The van der Waals surface area contributed by atoms with Gasteiger partial charge in [-0.3, -0.25) is 0 Å². The summed E-state index contributed by atoms with van der Waals surface area (Å²) in [5.41, 5.74) is 2.12. The lowest BCUT2D eigenvalue weighted by molar-refractivity contribution is 0.328. The summed E-state index contributed by atoms with van der Waals surface area (Å²) in [6.45, 7) is 5.87. The van der Waals surface area contributed by atoms with Crippen molar-refractivity contribution in [2.75, 3.05) is 6.61 Å². The average Bonchev–Trinajstić information content (AvgIpc) is 2.16. The standard InChI is InChI=1S/C12H10F2O/c1-7(2)9-3-8-4-10(13)5-11(14)12(8)15-6-9/h3-5H,1,6H2,2H3. The first kappa shape index (κ1) is 9.90. The second kappa shape index (κ2) is 3.50. The van der Waals surface area contributed by atoms with E-state index in [0.717, 1.165) is 17.2 Å². The van der Waals surface area contributed by atoms with Gasteiger partial charge in [0.05, 0.1) is 0 Å². The zero-order valence-electron chi connectivity index (χ0n) is 8.31. The third-order valence-corrected chi connectivity index (χ3v) is 2.29. The number of hydrogen-bond acceptors (Lipinski definition) is 1. The van der Waals surface area contributed by atoms with Crippen LogP contribution in [0.15, 0.2) is 29.9 Å². The van der Waals surface area contributed by atoms with Crippen molar-refractivity contribution in [1.29, 1.82) is 0 Å². The van der Waals surface area contributed by atoms with E-state index in [0.29, 0.717) is 5.56 Å². The fourth-order valence-electron chi connectivity index (χ4n) is 1.47. The van der Waals surface area contributed by atoms with E-state index < -0.39 is 11.6 Å². The third-order valence-electron chi connectivity index (χ3n) is 2.29. The zero-order valence-corrected chi connectivity index (χ0v) is 8.31. The molecule has 0 atom stereocenters. The normalized spacial score (nSPS) is 13.9. The molecule has 1 nitrogen and oxygen atoms in total. The Hall–Kier alpha value is -1.64. The molecule has 1 aliphatic rings. The van der Waals surface area contributed by atoms with Crippen LogP contribution in [-0.4, -0.2) is 6.61 Å². The molecule has 1 heterocycles. The van der Waals surface area contributed by atoms with E-state index in [-0.39, 0.29) is 12.4 Å². The van der Waals surface area contributed by atoms with Crippen LogP contribution in [0.1, 0.15) is 12.5 Å². The molecule has 3 heteroatoms. The van der Waals surface area contributed by atoms with Crippen LogP contribution >= 0.6 is 0 Å². The van der Waals surface area contributed by atoms with Gasteiger partial charge < -0.3 is 4.74 Å². The molecule has 0 aliphatic carbocycles. The Balaban J connectivity index is 2.54. The van der Waals surface area contributed by atoms with E-state index in [1.54, 1.807) is 6.08 Å². The summed E-state index contributed by atoms with van der Waals surface area (Å²) < 4.78 is 31.4. The van der Waals surface area contributed by atoms with Crippen molar-refractivity contribution in [2.24, 2.45) is 0 Å². The minimum absolute atomic E-state index is 0.112. The van der Waals surface area contributed by atoms with E-state index in [2.05, 4.69) is 6.58 Å². The molecule has 0 radical (unpaired) electrons. The van der Waals surface area contributed by atoms with Crippen LogP contribution in [0, 0.1) is 11.6 Å². The number of benzene rings is 1. The van der Waals surface area contributed by atoms with Gasteiger partial charge in [0.1, 0.15) is 12.4 Å². The van der Waals surface area contributed by atoms with Gasteiger partial charge in [-0.2, -0.15) is 0 Å². The first-order valence-electron chi connectivity index (χ1n) is 4.56. The van der Waals surface area contributed by atoms with Gasteiger partial charge >= 0.3 is 0 Å². The second-order valence-corrected chi connectivity index (χ2v) is 3.54. The molecule has 78 valence electrons. The molecule has 0 spiro atoms. The second-order valence-electron chi connectivity index (χ2n) is 3.54. The molecule has 0 unspecified atom stereocenters. The van der Waals surface area contributed by atoms with E-state index >= 15 is 0 Å². The van der Waals surface area contributed by atoms with Gasteiger partial charge in [-0.05, 0) is 24.6 Å². The molecule has 0 aromatic heterocycles. The van der Waals surface area contributed by atoms with Crippen LogP contribution in [0.4, 0.5) is 8.78 Å². The molecule has 0 N–H and O–H groups in total. The van der Waals surface area contributed by atoms with Crippen molar-refractivity contribution in [3.8, 4) is 5.75 Å². The van der Waals surface area contributed by atoms with E-state index in [9.17, 15) is 8.78 Å². The van der Waals surface area contributed by atoms with Gasteiger partial charge in [0.15, 0.2) is 11.6 Å². The summed E-state index contributed by atoms with van der Waals surface area (Å²) in [4.78, 5) is 0. The van der Waals surface area contributed by atoms with Crippen LogP contribution in [0.25, 0.3) is 6.08 Å². The zero-order chi connectivity index (χ0) is 11.0. The summed E-state index contributed by atoms with van der Waals surface area (Å²) in [5, 5.41) is 0. The molecule has 0 fully saturated rings. The number of halogens is 2. The number of fused-ring (bicyclic) bond motifs is 1. The smallest absolute Gasteiger partial charge is 0.168 e. The molecule has 0 saturated heterocycles. The molecule has 0 bridgehead atoms. The third kappa shape index (κ3) is 1.77. The van der Waals surface area contributed by atoms with Crippen molar-refractivity contribution >= 4 is 6.08 Å². The monoisotopic (exact) mass is 208 g/mol. The largest absolute Gasteiger partial charge is 0.485 e. The first-order valence-corrected chi connectivity index (χ1v) is 4.56. The van der Waals surface area contributed by atoms with Gasteiger partial charge in [-0.1, -0.05) is 12.2 Å². The molecule has 1 aromatic rings. The molecule has 0 saturated carbocycles. The summed E-state index contributed by atoms with van der Waals surface area (Å²) in [7, 11) is 0. The maximum Gasteiger partial charge on any atom is 0.168 e. The van der Waals surface area contributed by atoms with Crippen molar-refractivity contribution < 1.29 is 13.5 Å². The van der Waals surface area contributed by atoms with E-state index in [1.165, 1.54) is 6.07 Å². The minimum Gasteiger partial charge on any atom is -0.485 e. The summed E-state index contributed by atoms with van der Waals surface area (Å²) >= 11 is 0. The van der Waals surface area contributed by atoms with Crippen LogP contribution in [0.2, 0.25) is 0 Å². The van der Waals surface area contributed by atoms with Gasteiger partial charge in [-0.15, -0.1) is 0 Å². The first-order chi connectivity index (χ1) is 7.08. The molecule has 1 aliphatic heterocycles. The number of hydrogen-bond donors (Lipinski definition) is 0. The van der Waals surface area contributed by atoms with Gasteiger partial charge in [-0.25, -0.2) is 8.78 Å². The molecule has 0 amide bonds. The average molecular weight is 208 g/mol. The van der Waals surface area contributed by atoms with Crippen LogP contribution < -0.4 is 4.74 Å². The Labute approximate surface area is 86.7 Å². The molecule has 1 aromatic carbocycles. The van der Waals surface area contributed by atoms with Gasteiger partial charge in [0.2, 0.25) is 0 Å². The van der Waals surface area contributed by atoms with Crippen LogP contribution in [-0.2, 0) is 0 Å². The number of ether oxygens (including phenoxy) is 1. The van der Waals surface area contributed by atoms with Crippen molar-refractivity contribution in [1.82, 2.24) is 0 Å². The minimum atomic E-state index is -0.665. The summed E-state index contributed by atoms with van der Waals surface area (Å²) in [6.07, 6.45) is 1.70. The highest BCUT2D eigenvalue weighted by Gasteiger charge is 2.17. The quantitative estimate of drug-likeness (QED) is 0.687. The molecular weight excluding hydrogens is 198 g/mol. The van der Waals surface area contributed by atoms with Crippen molar-refractivity contribution in [2.45, 2.75) is 6.92 Å². The van der Waals surface area contributed by atoms with Crippen LogP contribution in [0.3, 0.4) is 0 Å². The fourth-order valence-corrected chi connectivity index (χ4v) is 1.47. The Morgan fingerprint density at radius 3 is 2.80 bits per heavy atom. The highest BCUT2D eigenvalue weighted by Crippen LogP contribution is 2.31. The topological polar surface area (TPSA) is 9.23 Å². The Kier molecular flexibility index (Phi) is 2.31. The number of rotatable bonds is 1. The fraction of sp³-hybridized carbons (Fsp3) is 0.167. The predicted octanol–water partition coefficient (Wildman–Crippen LogP) is 3.32. The highest BCUT2D eigenvalue weighted by atomic mass is 19.1. The molecule has 2 rings (SSSR count). The van der Waals surface area contributed by atoms with Crippen molar-refractivity contribution in [3.63, 3.8) is 0 Å². The maximum atomic E-state index is 13.2. The highest BCUT2D eigenvalue weighted by molar-refractivity contribution is 5.65. The lowest BCUT2D eigenvalue weighted by atomic mass is 10.0. The summed E-state index contributed by atoms with van der Waals surface area (Å²) in [6, 6.07) is 2.07. The van der Waals surface area contributed by atoms with Crippen molar-refractivity contribution in [3.05, 3.63) is 47.1 Å². The van der Waals surface area contributed by atoms with Crippen LogP contribution in [0.5, 0.6) is 5.75 Å². The Morgan fingerprint density at radius 1 is 1.40 bits per heavy atom. The maximum absolute atomic E-state index is 13.2. The SMILES string of the molecule is C=C(C)C1=Cc2cc(F)cc(F)c2OC1. The Morgan fingerprint density at radius 2 is 2.13 bits per heavy atom. The lowest BCUT2D eigenvalue weighted by Crippen LogP contribution is -2.09. The van der Waals surface area contributed by atoms with E-state index in [1.807, 2.05) is 6.92 Å². The van der Waals surface area contributed by atoms with E-state index in [4.69, 9.17) is 4.74 Å². The summed E-state index contributed by atoms with van der Waals surface area (Å²) in [5.74, 6) is -1.16. The lowest BCUT2D eigenvalue weighted by Gasteiger charge is -2.18.